The summed E-state index contributed by atoms with van der Waals surface area (Å²) in [5, 5.41) is 16.8. The molecule has 5 rings (SSSR count). The zero-order valence-corrected chi connectivity index (χ0v) is 14.5. The lowest BCUT2D eigenvalue weighted by molar-refractivity contribution is -0.0509. The molecule has 0 spiro atoms. The fraction of sp³-hybridized carbons (Fsp3) is 0.556. The van der Waals surface area contributed by atoms with E-state index in [0.29, 0.717) is 18.5 Å². The van der Waals surface area contributed by atoms with E-state index in [2.05, 4.69) is 29.9 Å². The average molecular weight is 358 g/mol. The summed E-state index contributed by atoms with van der Waals surface area (Å²) in [6.45, 7) is 1.96. The van der Waals surface area contributed by atoms with Gasteiger partial charge in [0.05, 0.1) is 0 Å². The van der Waals surface area contributed by atoms with Crippen LogP contribution in [-0.2, 0) is 6.42 Å². The second-order valence-electron chi connectivity index (χ2n) is 7.55. The molecule has 1 N–H and O–H groups in total. The highest BCUT2D eigenvalue weighted by molar-refractivity contribution is 5.81. The van der Waals surface area contributed by atoms with Crippen LogP contribution in [0.1, 0.15) is 49.7 Å². The van der Waals surface area contributed by atoms with Crippen molar-refractivity contribution in [1.82, 2.24) is 29.9 Å². The van der Waals surface area contributed by atoms with Gasteiger partial charge in [-0.2, -0.15) is 5.10 Å². The standard InChI is InChI=1S/C18H20F2N6/c1-10-13-8-12(9-21-16(13)24-22-10)17-25-23-15-3-2-14(26(15)17)11-4-6-18(19,20)7-5-11/h8-9,11,14H,2-7H2,1H3,(H,21,22,24). The van der Waals surface area contributed by atoms with Crippen molar-refractivity contribution in [2.24, 2.45) is 5.92 Å². The maximum absolute atomic E-state index is 13.6. The molecule has 0 radical (unpaired) electrons. The number of pyridine rings is 1. The summed E-state index contributed by atoms with van der Waals surface area (Å²) < 4.78 is 29.3. The predicted molar refractivity (Wildman–Crippen MR) is 91.9 cm³/mol. The Bertz CT molecular complexity index is 965. The van der Waals surface area contributed by atoms with Crippen LogP contribution in [0.25, 0.3) is 22.4 Å². The zero-order chi connectivity index (χ0) is 17.9. The maximum atomic E-state index is 13.6. The first-order chi connectivity index (χ1) is 12.5. The summed E-state index contributed by atoms with van der Waals surface area (Å²) >= 11 is 0. The molecule has 0 aromatic carbocycles. The molecule has 3 aromatic heterocycles. The van der Waals surface area contributed by atoms with E-state index in [1.807, 2.05) is 13.0 Å². The molecule has 1 atom stereocenters. The third kappa shape index (κ3) is 2.42. The number of nitrogens with one attached hydrogen (secondary N) is 1. The third-order valence-electron chi connectivity index (χ3n) is 5.93. The van der Waals surface area contributed by atoms with Crippen LogP contribution >= 0.6 is 0 Å². The van der Waals surface area contributed by atoms with Gasteiger partial charge >= 0.3 is 0 Å². The quantitative estimate of drug-likeness (QED) is 0.755. The number of aromatic nitrogens is 6. The number of nitrogens with zero attached hydrogens (tertiary/aromatic N) is 5. The Balaban J connectivity index is 1.51. The minimum atomic E-state index is -2.50. The molecule has 1 saturated carbocycles. The molecule has 8 heteroatoms. The molecule has 3 aromatic rings. The average Bonchev–Trinajstić information content (AvgIpc) is 3.31. The van der Waals surface area contributed by atoms with Gasteiger partial charge in [0.25, 0.3) is 0 Å². The first kappa shape index (κ1) is 15.8. The molecule has 2 aliphatic rings. The lowest BCUT2D eigenvalue weighted by Crippen LogP contribution is -2.29. The van der Waals surface area contributed by atoms with Gasteiger partial charge in [-0.15, -0.1) is 10.2 Å². The first-order valence-corrected chi connectivity index (χ1v) is 9.14. The molecule has 6 nitrogen and oxygen atoms in total. The second-order valence-corrected chi connectivity index (χ2v) is 7.55. The number of H-pyrrole nitrogens is 1. The molecule has 26 heavy (non-hydrogen) atoms. The minimum absolute atomic E-state index is 0.0112. The van der Waals surface area contributed by atoms with Gasteiger partial charge < -0.3 is 4.57 Å². The number of fused-ring (bicyclic) bond motifs is 2. The highest BCUT2D eigenvalue weighted by atomic mass is 19.3. The van der Waals surface area contributed by atoms with Crippen LogP contribution in [0.5, 0.6) is 0 Å². The highest BCUT2D eigenvalue weighted by Gasteiger charge is 2.41. The molecule has 1 aliphatic carbocycles. The van der Waals surface area contributed by atoms with E-state index in [0.717, 1.165) is 41.1 Å². The van der Waals surface area contributed by atoms with E-state index < -0.39 is 5.92 Å². The molecule has 4 heterocycles. The maximum Gasteiger partial charge on any atom is 0.248 e. The fourth-order valence-electron chi connectivity index (χ4n) is 4.48. The third-order valence-corrected chi connectivity index (χ3v) is 5.93. The molecule has 1 aliphatic heterocycles. The van der Waals surface area contributed by atoms with Crippen molar-refractivity contribution in [2.45, 2.75) is 57.4 Å². The zero-order valence-electron chi connectivity index (χ0n) is 14.5. The monoisotopic (exact) mass is 358 g/mol. The van der Waals surface area contributed by atoms with Gasteiger partial charge in [-0.1, -0.05) is 0 Å². The Labute approximate surface area is 149 Å². The van der Waals surface area contributed by atoms with Crippen molar-refractivity contribution in [2.75, 3.05) is 0 Å². The summed E-state index contributed by atoms with van der Waals surface area (Å²) in [7, 11) is 0. The smallest absolute Gasteiger partial charge is 0.248 e. The number of halogens is 2. The van der Waals surface area contributed by atoms with E-state index in [-0.39, 0.29) is 24.8 Å². The minimum Gasteiger partial charge on any atom is -0.308 e. The summed E-state index contributed by atoms with van der Waals surface area (Å²) in [6.07, 6.45) is 4.68. The van der Waals surface area contributed by atoms with Gasteiger partial charge in [0, 0.05) is 48.1 Å². The first-order valence-electron chi connectivity index (χ1n) is 9.14. The number of aromatic amines is 1. The van der Waals surface area contributed by atoms with Crippen molar-refractivity contribution in [3.05, 3.63) is 23.8 Å². The van der Waals surface area contributed by atoms with Gasteiger partial charge in [0.15, 0.2) is 11.5 Å². The lowest BCUT2D eigenvalue weighted by atomic mass is 9.81. The van der Waals surface area contributed by atoms with Gasteiger partial charge in [-0.25, -0.2) is 13.8 Å². The van der Waals surface area contributed by atoms with Crippen LogP contribution in [0.15, 0.2) is 12.3 Å². The Morgan fingerprint density at radius 3 is 2.81 bits per heavy atom. The van der Waals surface area contributed by atoms with Gasteiger partial charge in [-0.3, -0.25) is 5.10 Å². The molecule has 1 fully saturated rings. The van der Waals surface area contributed by atoms with Crippen LogP contribution in [0.4, 0.5) is 8.78 Å². The van der Waals surface area contributed by atoms with Crippen molar-refractivity contribution >= 4 is 11.0 Å². The number of alkyl halides is 2. The van der Waals surface area contributed by atoms with Gasteiger partial charge in [0.2, 0.25) is 5.92 Å². The lowest BCUT2D eigenvalue weighted by Gasteiger charge is -2.33. The number of hydrogen-bond acceptors (Lipinski definition) is 4. The van der Waals surface area contributed by atoms with Crippen LogP contribution in [0.3, 0.4) is 0 Å². The van der Waals surface area contributed by atoms with E-state index in [1.54, 1.807) is 6.20 Å². The number of aryl methyl sites for hydroxylation is 2. The Morgan fingerprint density at radius 1 is 1.19 bits per heavy atom. The Kier molecular flexibility index (Phi) is 3.39. The highest BCUT2D eigenvalue weighted by Crippen LogP contribution is 2.45. The predicted octanol–water partition coefficient (Wildman–Crippen LogP) is 3.84. The van der Waals surface area contributed by atoms with Gasteiger partial charge in [-0.05, 0) is 38.2 Å². The molecule has 136 valence electrons. The molecule has 0 amide bonds. The summed E-state index contributed by atoms with van der Waals surface area (Å²) in [4.78, 5) is 4.42. The topological polar surface area (TPSA) is 72.3 Å². The normalized spacial score (nSPS) is 22.8. The van der Waals surface area contributed by atoms with Crippen LogP contribution < -0.4 is 0 Å². The second kappa shape index (κ2) is 5.56. The van der Waals surface area contributed by atoms with Crippen molar-refractivity contribution in [3.63, 3.8) is 0 Å². The van der Waals surface area contributed by atoms with Crippen LogP contribution in [0.2, 0.25) is 0 Å². The van der Waals surface area contributed by atoms with Crippen molar-refractivity contribution in [1.29, 1.82) is 0 Å². The molecule has 0 saturated heterocycles. The van der Waals surface area contributed by atoms with E-state index in [9.17, 15) is 8.78 Å². The molecular weight excluding hydrogens is 338 g/mol. The van der Waals surface area contributed by atoms with E-state index in [4.69, 9.17) is 0 Å². The van der Waals surface area contributed by atoms with E-state index in [1.165, 1.54) is 0 Å². The summed E-state index contributed by atoms with van der Waals surface area (Å²) in [6, 6.07) is 2.23. The molecule has 0 bridgehead atoms. The summed E-state index contributed by atoms with van der Waals surface area (Å²) in [5.74, 6) is -0.499. The van der Waals surface area contributed by atoms with Crippen molar-refractivity contribution in [3.8, 4) is 11.4 Å². The number of hydrogen-bond donors (Lipinski definition) is 1. The Hall–Kier alpha value is -2.38. The summed E-state index contributed by atoms with van der Waals surface area (Å²) in [5.41, 5.74) is 2.54. The molecular formula is C18H20F2N6. The fourth-order valence-corrected chi connectivity index (χ4v) is 4.48. The SMILES string of the molecule is Cc1[nH]nc2ncc(-c3nnc4n3C(C3CCC(F)(F)CC3)CC4)cc12. The van der Waals surface area contributed by atoms with Crippen LogP contribution in [-0.4, -0.2) is 35.9 Å². The van der Waals surface area contributed by atoms with Crippen LogP contribution in [0, 0.1) is 12.8 Å². The molecule has 1 unspecified atom stereocenters. The van der Waals surface area contributed by atoms with Crippen molar-refractivity contribution < 1.29 is 8.78 Å². The van der Waals surface area contributed by atoms with Gasteiger partial charge in [0.1, 0.15) is 5.82 Å². The number of rotatable bonds is 2. The Morgan fingerprint density at radius 2 is 2.00 bits per heavy atom. The largest absolute Gasteiger partial charge is 0.308 e. The van der Waals surface area contributed by atoms with E-state index >= 15 is 0 Å².